The molecule has 0 spiro atoms. The average molecular weight is 486 g/mol. The van der Waals surface area contributed by atoms with Crippen LogP contribution in [0, 0.1) is 37.9 Å². The number of hydrogen-bond acceptors (Lipinski definition) is 4. The second kappa shape index (κ2) is 9.21. The van der Waals surface area contributed by atoms with E-state index in [1.807, 2.05) is 24.5 Å². The number of aryl methyl sites for hydroxylation is 2. The molecule has 1 aliphatic heterocycles. The van der Waals surface area contributed by atoms with Crippen molar-refractivity contribution in [1.82, 2.24) is 8.87 Å². The van der Waals surface area contributed by atoms with Crippen LogP contribution < -0.4 is 4.80 Å². The second-order valence-corrected chi connectivity index (χ2v) is 11.1. The van der Waals surface area contributed by atoms with E-state index >= 15 is 0 Å². The third kappa shape index (κ3) is 4.64. The van der Waals surface area contributed by atoms with Crippen LogP contribution in [0.4, 0.5) is 4.39 Å². The van der Waals surface area contributed by atoms with Crippen LogP contribution in [0.5, 0.6) is 0 Å². The fourth-order valence-electron chi connectivity index (χ4n) is 4.13. The highest BCUT2D eigenvalue weighted by Crippen LogP contribution is 2.26. The molecule has 1 amide bonds. The van der Waals surface area contributed by atoms with Gasteiger partial charge in [-0.3, -0.25) is 4.79 Å². The molecular weight excluding hydrogens is 461 g/mol. The van der Waals surface area contributed by atoms with E-state index in [2.05, 4.69) is 17.0 Å². The van der Waals surface area contributed by atoms with E-state index in [0.717, 1.165) is 33.5 Å². The standard InChI is InChI=1S/C24H24FN3O3S2/c1-4-11-28-21-15-16(2)14-17(3)22(21)32-24(28)26-23(29)18-9-12-27(13-10-18)33(30,31)20-7-5-19(25)6-8-20/h1,5-8,14-15,18H,9-13H2,2-3H3. The highest BCUT2D eigenvalue weighted by atomic mass is 32.2. The molecule has 0 N–H and O–H groups in total. The summed E-state index contributed by atoms with van der Waals surface area (Å²) < 4.78 is 43.1. The molecule has 1 fully saturated rings. The third-order valence-corrected chi connectivity index (χ3v) is 8.97. The van der Waals surface area contributed by atoms with Gasteiger partial charge in [-0.05, 0) is 68.1 Å². The van der Waals surface area contributed by atoms with Gasteiger partial charge in [0.1, 0.15) is 5.82 Å². The summed E-state index contributed by atoms with van der Waals surface area (Å²) in [5.41, 5.74) is 3.17. The van der Waals surface area contributed by atoms with E-state index < -0.39 is 15.8 Å². The maximum Gasteiger partial charge on any atom is 0.251 e. The number of aromatic nitrogens is 1. The third-order valence-electron chi connectivity index (χ3n) is 5.82. The molecule has 2 heterocycles. The first-order valence-corrected chi connectivity index (χ1v) is 12.8. The van der Waals surface area contributed by atoms with Crippen LogP contribution in [-0.4, -0.2) is 36.3 Å². The van der Waals surface area contributed by atoms with Crippen molar-refractivity contribution in [2.24, 2.45) is 10.9 Å². The Balaban J connectivity index is 1.56. The zero-order chi connectivity index (χ0) is 23.8. The minimum atomic E-state index is -3.73. The maximum absolute atomic E-state index is 13.2. The first kappa shape index (κ1) is 23.4. The number of nitrogens with zero attached hydrogens (tertiary/aromatic N) is 3. The molecule has 1 saturated heterocycles. The van der Waals surface area contributed by atoms with Crippen molar-refractivity contribution < 1.29 is 17.6 Å². The molecule has 0 atom stereocenters. The Morgan fingerprint density at radius 3 is 2.52 bits per heavy atom. The number of benzene rings is 2. The monoisotopic (exact) mass is 485 g/mol. The fourth-order valence-corrected chi connectivity index (χ4v) is 6.68. The molecule has 1 aliphatic rings. The summed E-state index contributed by atoms with van der Waals surface area (Å²) in [6.45, 7) is 4.76. The van der Waals surface area contributed by atoms with Crippen LogP contribution in [0.15, 0.2) is 46.3 Å². The highest BCUT2D eigenvalue weighted by molar-refractivity contribution is 7.89. The molecule has 0 radical (unpaired) electrons. The van der Waals surface area contributed by atoms with Crippen molar-refractivity contribution in [1.29, 1.82) is 0 Å². The van der Waals surface area contributed by atoms with Crippen molar-refractivity contribution in [3.8, 4) is 12.3 Å². The molecular formula is C24H24FN3O3S2. The number of piperidine rings is 1. The minimum absolute atomic E-state index is 0.0460. The molecule has 6 nitrogen and oxygen atoms in total. The molecule has 33 heavy (non-hydrogen) atoms. The molecule has 9 heteroatoms. The Kier molecular flexibility index (Phi) is 6.52. The number of thiazole rings is 1. The molecule has 2 aromatic carbocycles. The summed E-state index contributed by atoms with van der Waals surface area (Å²) in [4.78, 5) is 18.0. The average Bonchev–Trinajstić information content (AvgIpc) is 3.12. The van der Waals surface area contributed by atoms with Crippen LogP contribution >= 0.6 is 11.3 Å². The van der Waals surface area contributed by atoms with Crippen molar-refractivity contribution in [3.05, 3.63) is 58.1 Å². The quantitative estimate of drug-likeness (QED) is 0.530. The Morgan fingerprint density at radius 2 is 1.88 bits per heavy atom. The van der Waals surface area contributed by atoms with Gasteiger partial charge < -0.3 is 4.57 Å². The number of halogens is 1. The first-order valence-electron chi connectivity index (χ1n) is 10.6. The number of carbonyl (C=O) groups excluding carboxylic acids is 1. The Hall–Kier alpha value is -2.80. The van der Waals surface area contributed by atoms with Crippen LogP contribution in [0.25, 0.3) is 10.2 Å². The van der Waals surface area contributed by atoms with Gasteiger partial charge in [0.2, 0.25) is 10.0 Å². The van der Waals surface area contributed by atoms with Crippen molar-refractivity contribution in [2.75, 3.05) is 13.1 Å². The number of fused-ring (bicyclic) bond motifs is 1. The molecule has 0 unspecified atom stereocenters. The maximum atomic E-state index is 13.2. The van der Waals surface area contributed by atoms with Gasteiger partial charge in [-0.1, -0.05) is 23.3 Å². The van der Waals surface area contributed by atoms with Crippen LogP contribution in [0.1, 0.15) is 24.0 Å². The summed E-state index contributed by atoms with van der Waals surface area (Å²) >= 11 is 1.44. The van der Waals surface area contributed by atoms with Gasteiger partial charge in [0.15, 0.2) is 4.80 Å². The van der Waals surface area contributed by atoms with Gasteiger partial charge in [-0.15, -0.1) is 6.42 Å². The zero-order valence-corrected chi connectivity index (χ0v) is 20.0. The molecule has 172 valence electrons. The van der Waals surface area contributed by atoms with Crippen LogP contribution in [0.3, 0.4) is 0 Å². The highest BCUT2D eigenvalue weighted by Gasteiger charge is 2.32. The van der Waals surface area contributed by atoms with Crippen LogP contribution in [0.2, 0.25) is 0 Å². The SMILES string of the molecule is C#CCn1c(=NC(=O)C2CCN(S(=O)(=O)c3ccc(F)cc3)CC2)sc2c(C)cc(C)cc21. The summed E-state index contributed by atoms with van der Waals surface area (Å²) in [5, 5.41) is 0. The number of terminal acetylenes is 1. The normalized spacial score (nSPS) is 16.2. The van der Waals surface area contributed by atoms with E-state index in [0.29, 0.717) is 24.2 Å². The smallest absolute Gasteiger partial charge is 0.251 e. The summed E-state index contributed by atoms with van der Waals surface area (Å²) in [6, 6.07) is 8.89. The second-order valence-electron chi connectivity index (χ2n) is 8.19. The summed E-state index contributed by atoms with van der Waals surface area (Å²) in [6.07, 6.45) is 6.32. The van der Waals surface area contributed by atoms with Gasteiger partial charge in [0.05, 0.1) is 21.7 Å². The summed E-state index contributed by atoms with van der Waals surface area (Å²) in [7, 11) is -3.73. The largest absolute Gasteiger partial charge is 0.305 e. The minimum Gasteiger partial charge on any atom is -0.305 e. The number of amides is 1. The van der Waals surface area contributed by atoms with Crippen LogP contribution in [-0.2, 0) is 21.4 Å². The van der Waals surface area contributed by atoms with E-state index in [9.17, 15) is 17.6 Å². The van der Waals surface area contributed by atoms with E-state index in [1.54, 1.807) is 0 Å². The Labute approximate surface area is 196 Å². The Bertz CT molecular complexity index is 1420. The van der Waals surface area contributed by atoms with Gasteiger partial charge in [0.25, 0.3) is 5.91 Å². The predicted octanol–water partition coefficient (Wildman–Crippen LogP) is 3.62. The number of sulfonamides is 1. The van der Waals surface area contributed by atoms with Gasteiger partial charge in [-0.25, -0.2) is 12.8 Å². The van der Waals surface area contributed by atoms with E-state index in [4.69, 9.17) is 6.42 Å². The van der Waals surface area contributed by atoms with E-state index in [-0.39, 0.29) is 29.8 Å². The lowest BCUT2D eigenvalue weighted by Crippen LogP contribution is -2.40. The van der Waals surface area contributed by atoms with E-state index in [1.165, 1.54) is 27.8 Å². The van der Waals surface area contributed by atoms with Gasteiger partial charge in [0, 0.05) is 19.0 Å². The molecule has 0 saturated carbocycles. The number of rotatable bonds is 4. The topological polar surface area (TPSA) is 71.7 Å². The van der Waals surface area contributed by atoms with Crippen molar-refractivity contribution >= 4 is 37.5 Å². The molecule has 3 aromatic rings. The lowest BCUT2D eigenvalue weighted by molar-refractivity contribution is -0.122. The zero-order valence-electron chi connectivity index (χ0n) is 18.4. The lowest BCUT2D eigenvalue weighted by Gasteiger charge is -2.29. The number of carbonyl (C=O) groups is 1. The molecule has 0 aliphatic carbocycles. The summed E-state index contributed by atoms with van der Waals surface area (Å²) in [5.74, 6) is 1.52. The lowest BCUT2D eigenvalue weighted by atomic mass is 9.98. The molecule has 0 bridgehead atoms. The van der Waals surface area contributed by atoms with Crippen molar-refractivity contribution in [3.63, 3.8) is 0 Å². The number of hydrogen-bond donors (Lipinski definition) is 0. The Morgan fingerprint density at radius 1 is 1.21 bits per heavy atom. The first-order chi connectivity index (χ1) is 15.7. The van der Waals surface area contributed by atoms with Gasteiger partial charge in [-0.2, -0.15) is 9.30 Å². The van der Waals surface area contributed by atoms with Crippen molar-refractivity contribution in [2.45, 2.75) is 38.1 Å². The van der Waals surface area contributed by atoms with Gasteiger partial charge >= 0.3 is 0 Å². The molecule has 1 aromatic heterocycles. The predicted molar refractivity (Wildman–Crippen MR) is 127 cm³/mol. The molecule has 4 rings (SSSR count). The fraction of sp³-hybridized carbons (Fsp3) is 0.333.